The number of rotatable bonds is 4. The minimum absolute atomic E-state index is 0.0773. The number of nitrogens with two attached hydrogens (primary N) is 1. The molecule has 0 aliphatic heterocycles. The van der Waals surface area contributed by atoms with Gasteiger partial charge in [0.25, 0.3) is 0 Å². The molecule has 0 radical (unpaired) electrons. The van der Waals surface area contributed by atoms with Crippen LogP contribution in [-0.2, 0) is 0 Å². The van der Waals surface area contributed by atoms with Crippen molar-refractivity contribution in [3.63, 3.8) is 0 Å². The van der Waals surface area contributed by atoms with Crippen LogP contribution in [0.4, 0.5) is 10.1 Å². The highest BCUT2D eigenvalue weighted by atomic mass is 35.5. The Labute approximate surface area is 123 Å². The Morgan fingerprint density at radius 3 is 2.30 bits per heavy atom. The summed E-state index contributed by atoms with van der Waals surface area (Å²) in [5.41, 5.74) is 9.91. The Morgan fingerprint density at radius 1 is 1.10 bits per heavy atom. The second kappa shape index (κ2) is 6.25. The SMILES string of the molecule is Cc1cc(C)cc(C(CN)Nc2cc(F)cc(Cl)c2)c1. The molecule has 0 amide bonds. The van der Waals surface area contributed by atoms with Crippen LogP contribution in [0.1, 0.15) is 22.7 Å². The zero-order chi connectivity index (χ0) is 14.7. The average molecular weight is 293 g/mol. The maximum Gasteiger partial charge on any atom is 0.126 e. The number of nitrogens with one attached hydrogen (secondary N) is 1. The van der Waals surface area contributed by atoms with Gasteiger partial charge in [-0.1, -0.05) is 40.9 Å². The first-order chi connectivity index (χ1) is 9.47. The molecular weight excluding hydrogens is 275 g/mol. The Bertz CT molecular complexity index is 573. The van der Waals surface area contributed by atoms with Crippen molar-refractivity contribution >= 4 is 17.3 Å². The number of anilines is 1. The van der Waals surface area contributed by atoms with Crippen LogP contribution < -0.4 is 11.1 Å². The van der Waals surface area contributed by atoms with E-state index >= 15 is 0 Å². The maximum atomic E-state index is 13.4. The number of hydrogen-bond acceptors (Lipinski definition) is 2. The van der Waals surface area contributed by atoms with Crippen LogP contribution in [0.2, 0.25) is 5.02 Å². The summed E-state index contributed by atoms with van der Waals surface area (Å²) < 4.78 is 13.4. The summed E-state index contributed by atoms with van der Waals surface area (Å²) in [4.78, 5) is 0. The Balaban J connectivity index is 2.28. The Kier molecular flexibility index (Phi) is 4.63. The maximum absolute atomic E-state index is 13.4. The summed E-state index contributed by atoms with van der Waals surface area (Å²) in [6.07, 6.45) is 0. The molecule has 0 saturated carbocycles. The predicted octanol–water partition coefficient (Wildman–Crippen LogP) is 4.21. The van der Waals surface area contributed by atoms with Gasteiger partial charge in [-0.2, -0.15) is 0 Å². The van der Waals surface area contributed by atoms with Crippen molar-refractivity contribution in [1.29, 1.82) is 0 Å². The van der Waals surface area contributed by atoms with Crippen LogP contribution in [0.5, 0.6) is 0 Å². The zero-order valence-corrected chi connectivity index (χ0v) is 12.3. The standard InChI is InChI=1S/C16H18ClFN2/c1-10-3-11(2)5-12(4-10)16(9-19)20-15-7-13(17)6-14(18)8-15/h3-8,16,20H,9,19H2,1-2H3. The average Bonchev–Trinajstić information content (AvgIpc) is 2.33. The Hall–Kier alpha value is -1.58. The van der Waals surface area contributed by atoms with Gasteiger partial charge in [0.05, 0.1) is 6.04 Å². The van der Waals surface area contributed by atoms with E-state index in [0.29, 0.717) is 17.3 Å². The molecule has 3 N–H and O–H groups in total. The molecule has 0 aliphatic carbocycles. The zero-order valence-electron chi connectivity index (χ0n) is 11.6. The molecule has 2 nitrogen and oxygen atoms in total. The van der Waals surface area contributed by atoms with E-state index in [1.165, 1.54) is 23.3 Å². The summed E-state index contributed by atoms with van der Waals surface area (Å²) in [6.45, 7) is 4.50. The molecule has 0 fully saturated rings. The third-order valence-corrected chi connectivity index (χ3v) is 3.30. The summed E-state index contributed by atoms with van der Waals surface area (Å²) in [6, 6.07) is 10.6. The molecule has 20 heavy (non-hydrogen) atoms. The second-order valence-electron chi connectivity index (χ2n) is 5.01. The topological polar surface area (TPSA) is 38.0 Å². The van der Waals surface area contributed by atoms with Gasteiger partial charge in [0, 0.05) is 17.3 Å². The van der Waals surface area contributed by atoms with Crippen LogP contribution >= 0.6 is 11.6 Å². The highest BCUT2D eigenvalue weighted by Crippen LogP contribution is 2.24. The third kappa shape index (κ3) is 3.71. The molecular formula is C16H18ClFN2. The van der Waals surface area contributed by atoms with Gasteiger partial charge in [-0.15, -0.1) is 0 Å². The molecule has 1 atom stereocenters. The number of aryl methyl sites for hydroxylation is 2. The van der Waals surface area contributed by atoms with E-state index in [-0.39, 0.29) is 11.9 Å². The molecule has 0 aliphatic rings. The number of halogens is 2. The minimum atomic E-state index is -0.365. The van der Waals surface area contributed by atoms with Gasteiger partial charge in [0.15, 0.2) is 0 Å². The molecule has 2 rings (SSSR count). The molecule has 106 valence electrons. The normalized spacial score (nSPS) is 12.2. The van der Waals surface area contributed by atoms with Crippen LogP contribution in [-0.4, -0.2) is 6.54 Å². The fraction of sp³-hybridized carbons (Fsp3) is 0.250. The van der Waals surface area contributed by atoms with Gasteiger partial charge in [-0.25, -0.2) is 4.39 Å². The van der Waals surface area contributed by atoms with Crippen molar-refractivity contribution in [2.45, 2.75) is 19.9 Å². The molecule has 2 aromatic carbocycles. The summed E-state index contributed by atoms with van der Waals surface area (Å²) in [7, 11) is 0. The lowest BCUT2D eigenvalue weighted by molar-refractivity contribution is 0.627. The van der Waals surface area contributed by atoms with Crippen molar-refractivity contribution in [3.05, 3.63) is 63.9 Å². The van der Waals surface area contributed by atoms with Crippen LogP contribution in [0.3, 0.4) is 0 Å². The molecule has 0 aromatic heterocycles. The molecule has 0 bridgehead atoms. The van der Waals surface area contributed by atoms with Gasteiger partial charge >= 0.3 is 0 Å². The molecule has 4 heteroatoms. The second-order valence-corrected chi connectivity index (χ2v) is 5.45. The highest BCUT2D eigenvalue weighted by Gasteiger charge is 2.11. The summed E-state index contributed by atoms with van der Waals surface area (Å²) in [5.74, 6) is -0.365. The summed E-state index contributed by atoms with van der Waals surface area (Å²) >= 11 is 5.86. The van der Waals surface area contributed by atoms with E-state index in [4.69, 9.17) is 17.3 Å². The first-order valence-electron chi connectivity index (χ1n) is 6.49. The fourth-order valence-corrected chi connectivity index (χ4v) is 2.55. The van der Waals surface area contributed by atoms with Gasteiger partial charge in [-0.05, 0) is 37.6 Å². The Morgan fingerprint density at radius 2 is 1.75 bits per heavy atom. The molecule has 0 saturated heterocycles. The van der Waals surface area contributed by atoms with Crippen molar-refractivity contribution in [2.75, 3.05) is 11.9 Å². The lowest BCUT2D eigenvalue weighted by Gasteiger charge is -2.20. The summed E-state index contributed by atoms with van der Waals surface area (Å²) in [5, 5.41) is 3.60. The number of hydrogen-bond donors (Lipinski definition) is 2. The van der Waals surface area contributed by atoms with Crippen molar-refractivity contribution < 1.29 is 4.39 Å². The van der Waals surface area contributed by atoms with E-state index in [0.717, 1.165) is 5.56 Å². The highest BCUT2D eigenvalue weighted by molar-refractivity contribution is 6.30. The number of benzene rings is 2. The monoisotopic (exact) mass is 292 g/mol. The minimum Gasteiger partial charge on any atom is -0.377 e. The lowest BCUT2D eigenvalue weighted by Crippen LogP contribution is -2.21. The van der Waals surface area contributed by atoms with E-state index in [2.05, 4.69) is 23.5 Å². The van der Waals surface area contributed by atoms with Crippen LogP contribution in [0.15, 0.2) is 36.4 Å². The first kappa shape index (κ1) is 14.8. The van der Waals surface area contributed by atoms with E-state index in [9.17, 15) is 4.39 Å². The van der Waals surface area contributed by atoms with Crippen molar-refractivity contribution in [3.8, 4) is 0 Å². The lowest BCUT2D eigenvalue weighted by atomic mass is 10.0. The van der Waals surface area contributed by atoms with Gasteiger partial charge < -0.3 is 11.1 Å². The van der Waals surface area contributed by atoms with Crippen LogP contribution in [0, 0.1) is 19.7 Å². The molecule has 0 spiro atoms. The van der Waals surface area contributed by atoms with Gasteiger partial charge in [0.1, 0.15) is 5.82 Å². The molecule has 2 aromatic rings. The van der Waals surface area contributed by atoms with Gasteiger partial charge in [0.2, 0.25) is 0 Å². The van der Waals surface area contributed by atoms with Crippen LogP contribution in [0.25, 0.3) is 0 Å². The largest absolute Gasteiger partial charge is 0.377 e. The fourth-order valence-electron chi connectivity index (χ4n) is 2.33. The smallest absolute Gasteiger partial charge is 0.126 e. The third-order valence-electron chi connectivity index (χ3n) is 3.09. The van der Waals surface area contributed by atoms with Crippen molar-refractivity contribution in [2.24, 2.45) is 5.73 Å². The van der Waals surface area contributed by atoms with E-state index in [1.54, 1.807) is 6.07 Å². The molecule has 0 heterocycles. The first-order valence-corrected chi connectivity index (χ1v) is 6.86. The predicted molar refractivity (Wildman–Crippen MR) is 82.7 cm³/mol. The van der Waals surface area contributed by atoms with Gasteiger partial charge in [-0.3, -0.25) is 0 Å². The van der Waals surface area contributed by atoms with E-state index < -0.39 is 0 Å². The molecule has 1 unspecified atom stereocenters. The quantitative estimate of drug-likeness (QED) is 0.886. The van der Waals surface area contributed by atoms with E-state index in [1.807, 2.05) is 13.8 Å². The van der Waals surface area contributed by atoms with Crippen molar-refractivity contribution in [1.82, 2.24) is 0 Å².